The average molecular weight is 233 g/mol. The van der Waals surface area contributed by atoms with Crippen molar-refractivity contribution in [2.24, 2.45) is 5.73 Å². The lowest BCUT2D eigenvalue weighted by atomic mass is 9.88. The zero-order chi connectivity index (χ0) is 12.5. The van der Waals surface area contributed by atoms with Crippen molar-refractivity contribution in [1.29, 1.82) is 0 Å². The van der Waals surface area contributed by atoms with Crippen molar-refractivity contribution in [3.8, 4) is 5.75 Å². The van der Waals surface area contributed by atoms with E-state index in [1.165, 1.54) is 29.5 Å². The highest BCUT2D eigenvalue weighted by Crippen LogP contribution is 2.34. The van der Waals surface area contributed by atoms with Crippen LogP contribution >= 0.6 is 0 Å². The van der Waals surface area contributed by atoms with Crippen molar-refractivity contribution in [1.82, 2.24) is 0 Å². The number of hydrogen-bond donors (Lipinski definition) is 1. The zero-order valence-electron chi connectivity index (χ0n) is 11.2. The molecule has 0 saturated heterocycles. The van der Waals surface area contributed by atoms with Gasteiger partial charge < -0.3 is 10.5 Å². The fourth-order valence-corrected chi connectivity index (χ4v) is 2.81. The number of hydrogen-bond acceptors (Lipinski definition) is 2. The molecule has 1 aliphatic carbocycles. The van der Waals surface area contributed by atoms with Gasteiger partial charge in [-0.25, -0.2) is 0 Å². The third-order valence-electron chi connectivity index (χ3n) is 4.04. The molecule has 0 aliphatic heterocycles. The summed E-state index contributed by atoms with van der Waals surface area (Å²) in [6.07, 6.45) is 5.76. The average Bonchev–Trinajstić information content (AvgIpc) is 2.70. The molecule has 0 atom stereocenters. The number of rotatable bonds is 3. The fraction of sp³-hybridized carbons (Fsp3) is 0.600. The van der Waals surface area contributed by atoms with Crippen LogP contribution in [0.2, 0.25) is 0 Å². The Kier molecular flexibility index (Phi) is 3.43. The Morgan fingerprint density at radius 2 is 1.76 bits per heavy atom. The summed E-state index contributed by atoms with van der Waals surface area (Å²) in [6.45, 7) is 4.27. The van der Waals surface area contributed by atoms with E-state index in [4.69, 9.17) is 10.5 Å². The normalized spacial score (nSPS) is 18.4. The fourth-order valence-electron chi connectivity index (χ4n) is 2.81. The summed E-state index contributed by atoms with van der Waals surface area (Å²) in [4.78, 5) is 0. The maximum absolute atomic E-state index is 6.45. The maximum Gasteiger partial charge on any atom is 0.122 e. The molecule has 17 heavy (non-hydrogen) atoms. The molecule has 2 nitrogen and oxygen atoms in total. The minimum Gasteiger partial charge on any atom is -0.496 e. The topological polar surface area (TPSA) is 35.2 Å². The van der Waals surface area contributed by atoms with Crippen molar-refractivity contribution in [2.45, 2.75) is 51.5 Å². The second kappa shape index (κ2) is 4.69. The van der Waals surface area contributed by atoms with Gasteiger partial charge in [-0.2, -0.15) is 0 Å². The van der Waals surface area contributed by atoms with Crippen molar-refractivity contribution in [3.05, 3.63) is 28.8 Å². The van der Waals surface area contributed by atoms with Gasteiger partial charge in [-0.15, -0.1) is 0 Å². The van der Waals surface area contributed by atoms with Crippen LogP contribution in [0.5, 0.6) is 5.75 Å². The van der Waals surface area contributed by atoms with Gasteiger partial charge in [0, 0.05) is 5.54 Å². The van der Waals surface area contributed by atoms with Crippen LogP contribution in [0, 0.1) is 13.8 Å². The number of methoxy groups -OCH3 is 1. The Bertz CT molecular complexity index is 406. The Labute approximate surface area is 104 Å². The van der Waals surface area contributed by atoms with Crippen molar-refractivity contribution in [2.75, 3.05) is 7.11 Å². The molecule has 2 N–H and O–H groups in total. The molecule has 0 amide bonds. The first-order valence-corrected chi connectivity index (χ1v) is 6.47. The Balaban J connectivity index is 2.28. The Hall–Kier alpha value is -1.02. The van der Waals surface area contributed by atoms with Crippen LogP contribution in [-0.2, 0) is 6.42 Å². The van der Waals surface area contributed by atoms with E-state index in [-0.39, 0.29) is 5.54 Å². The number of ether oxygens (including phenoxy) is 1. The van der Waals surface area contributed by atoms with E-state index in [0.29, 0.717) is 0 Å². The second-order valence-corrected chi connectivity index (χ2v) is 5.49. The van der Waals surface area contributed by atoms with Gasteiger partial charge in [0.1, 0.15) is 5.75 Å². The summed E-state index contributed by atoms with van der Waals surface area (Å²) < 4.78 is 5.48. The van der Waals surface area contributed by atoms with Gasteiger partial charge in [0.05, 0.1) is 7.11 Å². The number of nitrogens with two attached hydrogens (primary N) is 1. The second-order valence-electron chi connectivity index (χ2n) is 5.49. The van der Waals surface area contributed by atoms with Gasteiger partial charge in [-0.1, -0.05) is 18.9 Å². The lowest BCUT2D eigenvalue weighted by molar-refractivity contribution is 0.390. The summed E-state index contributed by atoms with van der Waals surface area (Å²) in [5, 5.41) is 0. The van der Waals surface area contributed by atoms with Crippen molar-refractivity contribution < 1.29 is 4.74 Å². The molecule has 2 heteroatoms. The first kappa shape index (κ1) is 12.4. The lowest BCUT2D eigenvalue weighted by Crippen LogP contribution is -2.38. The number of aryl methyl sites for hydroxylation is 2. The molecule has 2 rings (SSSR count). The molecule has 0 bridgehead atoms. The molecule has 1 fully saturated rings. The van der Waals surface area contributed by atoms with Crippen LogP contribution in [0.15, 0.2) is 12.1 Å². The highest BCUT2D eigenvalue weighted by molar-refractivity contribution is 5.42. The van der Waals surface area contributed by atoms with Crippen molar-refractivity contribution in [3.63, 3.8) is 0 Å². The highest BCUT2D eigenvalue weighted by atomic mass is 16.5. The lowest BCUT2D eigenvalue weighted by Gasteiger charge is -2.25. The van der Waals surface area contributed by atoms with Gasteiger partial charge >= 0.3 is 0 Å². The monoisotopic (exact) mass is 233 g/mol. The number of benzene rings is 1. The van der Waals surface area contributed by atoms with E-state index in [1.807, 2.05) is 0 Å². The summed E-state index contributed by atoms with van der Waals surface area (Å²) in [6, 6.07) is 4.37. The molecule has 94 valence electrons. The maximum atomic E-state index is 6.45. The van der Waals surface area contributed by atoms with Crippen LogP contribution < -0.4 is 10.5 Å². The van der Waals surface area contributed by atoms with Crippen LogP contribution in [0.1, 0.15) is 42.4 Å². The van der Waals surface area contributed by atoms with E-state index < -0.39 is 0 Å². The SMILES string of the molecule is COc1cc(C)c(C)cc1CC1(N)CCCC1. The zero-order valence-corrected chi connectivity index (χ0v) is 11.2. The van der Waals surface area contributed by atoms with Gasteiger partial charge in [0.2, 0.25) is 0 Å². The summed E-state index contributed by atoms with van der Waals surface area (Å²) in [5.74, 6) is 0.991. The third-order valence-corrected chi connectivity index (χ3v) is 4.04. The molecule has 1 aliphatic rings. The molecule has 0 spiro atoms. The summed E-state index contributed by atoms with van der Waals surface area (Å²) in [7, 11) is 1.74. The molecule has 1 aromatic carbocycles. The van der Waals surface area contributed by atoms with Crippen LogP contribution in [0.3, 0.4) is 0 Å². The Morgan fingerprint density at radius 1 is 1.18 bits per heavy atom. The standard InChI is InChI=1S/C15H23NO/c1-11-8-13(14(17-3)9-12(11)2)10-15(16)6-4-5-7-15/h8-9H,4-7,10,16H2,1-3H3. The van der Waals surface area contributed by atoms with Gasteiger partial charge in [0.15, 0.2) is 0 Å². The van der Waals surface area contributed by atoms with Gasteiger partial charge in [-0.05, 0) is 55.9 Å². The minimum atomic E-state index is -0.00498. The van der Waals surface area contributed by atoms with E-state index >= 15 is 0 Å². The molecule has 0 heterocycles. The Morgan fingerprint density at radius 3 is 2.35 bits per heavy atom. The first-order valence-electron chi connectivity index (χ1n) is 6.47. The predicted octanol–water partition coefficient (Wildman–Crippen LogP) is 3.13. The summed E-state index contributed by atoms with van der Waals surface area (Å²) in [5.41, 5.74) is 10.3. The van der Waals surface area contributed by atoms with E-state index in [9.17, 15) is 0 Å². The molecular weight excluding hydrogens is 210 g/mol. The van der Waals surface area contributed by atoms with E-state index in [1.54, 1.807) is 7.11 Å². The highest BCUT2D eigenvalue weighted by Gasteiger charge is 2.30. The van der Waals surface area contributed by atoms with Crippen molar-refractivity contribution >= 4 is 0 Å². The molecular formula is C15H23NO. The third kappa shape index (κ3) is 2.63. The molecule has 1 saturated carbocycles. The molecule has 1 aromatic rings. The predicted molar refractivity (Wildman–Crippen MR) is 71.6 cm³/mol. The van der Waals surface area contributed by atoms with Gasteiger partial charge in [0.25, 0.3) is 0 Å². The molecule has 0 unspecified atom stereocenters. The smallest absolute Gasteiger partial charge is 0.122 e. The first-order chi connectivity index (χ1) is 8.04. The minimum absolute atomic E-state index is 0.00498. The van der Waals surface area contributed by atoms with Crippen LogP contribution in [0.4, 0.5) is 0 Å². The quantitative estimate of drug-likeness (QED) is 0.870. The summed E-state index contributed by atoms with van der Waals surface area (Å²) >= 11 is 0. The molecule has 0 aromatic heterocycles. The van der Waals surface area contributed by atoms with Crippen LogP contribution in [0.25, 0.3) is 0 Å². The van der Waals surface area contributed by atoms with E-state index in [2.05, 4.69) is 26.0 Å². The largest absolute Gasteiger partial charge is 0.496 e. The van der Waals surface area contributed by atoms with E-state index in [0.717, 1.165) is 25.0 Å². The molecule has 0 radical (unpaired) electrons. The van der Waals surface area contributed by atoms with Crippen LogP contribution in [-0.4, -0.2) is 12.6 Å². The van der Waals surface area contributed by atoms with Gasteiger partial charge in [-0.3, -0.25) is 0 Å².